The number of carbonyl (C=O) groups is 3. The molecule has 0 aliphatic rings. The highest BCUT2D eigenvalue weighted by Crippen LogP contribution is 2.24. The van der Waals surface area contributed by atoms with Gasteiger partial charge in [-0.1, -0.05) is 41.9 Å². The Morgan fingerprint density at radius 2 is 1.64 bits per heavy atom. The Morgan fingerprint density at radius 3 is 2.39 bits per heavy atom. The van der Waals surface area contributed by atoms with Crippen LogP contribution < -0.4 is 20.7 Å². The van der Waals surface area contributed by atoms with Crippen molar-refractivity contribution in [2.45, 2.75) is 13.8 Å². The largest absolute Gasteiger partial charge is 0.483 e. The summed E-state index contributed by atoms with van der Waals surface area (Å²) in [6, 6.07) is 19.1. The molecular weight excluding hydrogens is 442 g/mol. The first-order chi connectivity index (χ1) is 15.8. The van der Waals surface area contributed by atoms with Crippen molar-refractivity contribution in [1.82, 2.24) is 5.32 Å². The summed E-state index contributed by atoms with van der Waals surface area (Å²) in [5.74, 6) is -1.09. The summed E-state index contributed by atoms with van der Waals surface area (Å²) in [7, 11) is 0. The maximum atomic E-state index is 12.7. The molecule has 0 aromatic heterocycles. The molecule has 170 valence electrons. The van der Waals surface area contributed by atoms with Gasteiger partial charge in [0.05, 0.1) is 12.1 Å². The molecule has 0 saturated carbocycles. The van der Waals surface area contributed by atoms with Crippen LogP contribution in [0.4, 0.5) is 11.4 Å². The maximum absolute atomic E-state index is 12.7. The molecule has 0 atom stereocenters. The Labute approximate surface area is 197 Å². The van der Waals surface area contributed by atoms with Crippen molar-refractivity contribution < 1.29 is 19.1 Å². The van der Waals surface area contributed by atoms with Gasteiger partial charge in [0.2, 0.25) is 5.91 Å². The molecule has 8 heteroatoms. The number of halogens is 1. The van der Waals surface area contributed by atoms with Crippen LogP contribution in [0.15, 0.2) is 66.7 Å². The lowest BCUT2D eigenvalue weighted by atomic mass is 10.1. The van der Waals surface area contributed by atoms with Gasteiger partial charge < -0.3 is 20.7 Å². The zero-order valence-electron chi connectivity index (χ0n) is 18.3. The Morgan fingerprint density at radius 1 is 0.879 bits per heavy atom. The zero-order valence-corrected chi connectivity index (χ0v) is 19.0. The summed E-state index contributed by atoms with van der Waals surface area (Å²) >= 11 is 6.04. The summed E-state index contributed by atoms with van der Waals surface area (Å²) in [6.07, 6.45) is 0. The minimum absolute atomic E-state index is 0.187. The lowest BCUT2D eigenvalue weighted by Crippen LogP contribution is -2.36. The number of ether oxygens (including phenoxy) is 1. The summed E-state index contributed by atoms with van der Waals surface area (Å²) in [6.45, 7) is 3.28. The second-order valence-electron chi connectivity index (χ2n) is 7.32. The molecule has 0 saturated heterocycles. The number of carbonyl (C=O) groups excluding carboxylic acids is 3. The van der Waals surface area contributed by atoms with Gasteiger partial charge in [0.1, 0.15) is 5.75 Å². The fraction of sp³-hybridized carbons (Fsp3) is 0.160. The van der Waals surface area contributed by atoms with Crippen LogP contribution >= 0.6 is 11.6 Å². The maximum Gasteiger partial charge on any atom is 0.259 e. The SMILES string of the molecule is Cc1cccc(NC(=O)CNC(=O)COc2ccc(Cl)cc2C(=O)Nc2ccccc2)c1C. The number of benzene rings is 3. The van der Waals surface area contributed by atoms with Crippen molar-refractivity contribution >= 4 is 40.7 Å². The van der Waals surface area contributed by atoms with E-state index in [-0.39, 0.29) is 30.4 Å². The van der Waals surface area contributed by atoms with Gasteiger partial charge in [0.15, 0.2) is 6.61 Å². The van der Waals surface area contributed by atoms with E-state index in [9.17, 15) is 14.4 Å². The third kappa shape index (κ3) is 6.82. The normalized spacial score (nSPS) is 10.3. The van der Waals surface area contributed by atoms with Gasteiger partial charge in [-0.05, 0) is 61.4 Å². The van der Waals surface area contributed by atoms with Crippen LogP contribution in [0.2, 0.25) is 5.02 Å². The second-order valence-corrected chi connectivity index (χ2v) is 7.76. The molecule has 3 aromatic rings. The first-order valence-corrected chi connectivity index (χ1v) is 10.6. The van der Waals surface area contributed by atoms with Crippen molar-refractivity contribution in [2.24, 2.45) is 0 Å². The van der Waals surface area contributed by atoms with Crippen molar-refractivity contribution in [3.63, 3.8) is 0 Å². The molecule has 3 N–H and O–H groups in total. The van der Waals surface area contributed by atoms with E-state index in [0.29, 0.717) is 16.4 Å². The number of anilines is 2. The van der Waals surface area contributed by atoms with Crippen molar-refractivity contribution in [3.05, 3.63) is 88.4 Å². The number of rotatable bonds is 8. The molecule has 0 aliphatic carbocycles. The average Bonchev–Trinajstić information content (AvgIpc) is 2.80. The standard InChI is InChI=1S/C25H24ClN3O4/c1-16-7-6-10-21(17(16)2)29-23(30)14-27-24(31)15-33-22-12-11-18(26)13-20(22)25(32)28-19-8-4-3-5-9-19/h3-13H,14-15H2,1-2H3,(H,27,31)(H,28,32)(H,29,30). The van der Waals surface area contributed by atoms with Gasteiger partial charge in [0, 0.05) is 16.4 Å². The lowest BCUT2D eigenvalue weighted by Gasteiger charge is -2.13. The zero-order chi connectivity index (χ0) is 23.8. The molecular formula is C25H24ClN3O4. The monoisotopic (exact) mass is 465 g/mol. The second kappa shape index (κ2) is 11.2. The lowest BCUT2D eigenvalue weighted by molar-refractivity contribution is -0.125. The smallest absolute Gasteiger partial charge is 0.259 e. The van der Waals surface area contributed by atoms with E-state index in [1.807, 2.05) is 32.0 Å². The number of hydrogen-bond acceptors (Lipinski definition) is 4. The van der Waals surface area contributed by atoms with Gasteiger partial charge in [-0.25, -0.2) is 0 Å². The number of amides is 3. The molecule has 0 spiro atoms. The number of aryl methyl sites for hydroxylation is 1. The molecule has 3 rings (SSSR count). The van der Waals surface area contributed by atoms with Crippen LogP contribution in [-0.4, -0.2) is 30.9 Å². The fourth-order valence-corrected chi connectivity index (χ4v) is 3.15. The van der Waals surface area contributed by atoms with E-state index in [4.69, 9.17) is 16.3 Å². The van der Waals surface area contributed by atoms with Gasteiger partial charge >= 0.3 is 0 Å². The Hall–Kier alpha value is -3.84. The predicted octanol–water partition coefficient (Wildman–Crippen LogP) is 4.34. The molecule has 0 radical (unpaired) electrons. The minimum Gasteiger partial charge on any atom is -0.483 e. The minimum atomic E-state index is -0.504. The van der Waals surface area contributed by atoms with Crippen LogP contribution in [0.1, 0.15) is 21.5 Å². The molecule has 3 aromatic carbocycles. The van der Waals surface area contributed by atoms with Crippen LogP contribution in [-0.2, 0) is 9.59 Å². The number of nitrogens with one attached hydrogen (secondary N) is 3. The predicted molar refractivity (Wildman–Crippen MR) is 129 cm³/mol. The van der Waals surface area contributed by atoms with Gasteiger partial charge in [-0.15, -0.1) is 0 Å². The van der Waals surface area contributed by atoms with Crippen LogP contribution in [0, 0.1) is 13.8 Å². The van der Waals surface area contributed by atoms with Crippen molar-refractivity contribution in [1.29, 1.82) is 0 Å². The molecule has 0 fully saturated rings. The first kappa shape index (κ1) is 23.8. The summed E-state index contributed by atoms with van der Waals surface area (Å²) in [5, 5.41) is 8.38. The summed E-state index contributed by atoms with van der Waals surface area (Å²) in [4.78, 5) is 37.0. The highest BCUT2D eigenvalue weighted by Gasteiger charge is 2.15. The van der Waals surface area contributed by atoms with Crippen molar-refractivity contribution in [2.75, 3.05) is 23.8 Å². The molecule has 7 nitrogen and oxygen atoms in total. The quantitative estimate of drug-likeness (QED) is 0.461. The Balaban J connectivity index is 1.55. The average molecular weight is 466 g/mol. The third-order valence-electron chi connectivity index (χ3n) is 4.90. The van der Waals surface area contributed by atoms with E-state index < -0.39 is 11.8 Å². The van der Waals surface area contributed by atoms with Gasteiger partial charge in [0.25, 0.3) is 11.8 Å². The highest BCUT2D eigenvalue weighted by molar-refractivity contribution is 6.31. The molecule has 0 bridgehead atoms. The third-order valence-corrected chi connectivity index (χ3v) is 5.14. The van der Waals surface area contributed by atoms with E-state index in [1.165, 1.54) is 12.1 Å². The fourth-order valence-electron chi connectivity index (χ4n) is 2.98. The van der Waals surface area contributed by atoms with Crippen LogP contribution in [0.25, 0.3) is 0 Å². The summed E-state index contributed by atoms with van der Waals surface area (Å²) < 4.78 is 5.53. The number of hydrogen-bond donors (Lipinski definition) is 3. The van der Waals surface area contributed by atoms with Gasteiger partial charge in [-0.3, -0.25) is 14.4 Å². The molecule has 0 heterocycles. The first-order valence-electron chi connectivity index (χ1n) is 10.2. The van der Waals surface area contributed by atoms with E-state index >= 15 is 0 Å². The topological polar surface area (TPSA) is 96.5 Å². The van der Waals surface area contributed by atoms with E-state index in [1.54, 1.807) is 36.4 Å². The summed E-state index contributed by atoms with van der Waals surface area (Å²) in [5.41, 5.74) is 3.51. The molecule has 0 aliphatic heterocycles. The van der Waals surface area contributed by atoms with Crippen LogP contribution in [0.3, 0.4) is 0 Å². The Bertz CT molecular complexity index is 1170. The number of para-hydroxylation sites is 1. The molecule has 3 amide bonds. The molecule has 33 heavy (non-hydrogen) atoms. The van der Waals surface area contributed by atoms with Crippen molar-refractivity contribution in [3.8, 4) is 5.75 Å². The van der Waals surface area contributed by atoms with Gasteiger partial charge in [-0.2, -0.15) is 0 Å². The van der Waals surface area contributed by atoms with E-state index in [0.717, 1.165) is 11.1 Å². The molecule has 0 unspecified atom stereocenters. The van der Waals surface area contributed by atoms with Crippen LogP contribution in [0.5, 0.6) is 5.75 Å². The van der Waals surface area contributed by atoms with E-state index in [2.05, 4.69) is 16.0 Å². The highest BCUT2D eigenvalue weighted by atomic mass is 35.5. The Kier molecular flexibility index (Phi) is 8.05.